The standard InChI is InChI=1S/C21H35N3O4Si/c1-15(25)23-18(14-16-10-8-7-9-11-16)20(27)24-17(19(22)26)12-13-28-29(5,6)21(2,3)4/h7-11,17-18H,12-14H2,1-6H3,(H2,22,26)(H,23,25)(H,24,27)/t17-,18+/m0/s1. The van der Waals surface area contributed by atoms with Crippen LogP contribution in [0.4, 0.5) is 0 Å². The highest BCUT2D eigenvalue weighted by Crippen LogP contribution is 2.36. The van der Waals surface area contributed by atoms with Crippen LogP contribution in [0, 0.1) is 0 Å². The molecule has 4 N–H and O–H groups in total. The third-order valence-corrected chi connectivity index (χ3v) is 9.85. The van der Waals surface area contributed by atoms with Crippen LogP contribution in [0.2, 0.25) is 18.1 Å². The van der Waals surface area contributed by atoms with Crippen molar-refractivity contribution in [3.63, 3.8) is 0 Å². The zero-order valence-corrected chi connectivity index (χ0v) is 19.4. The van der Waals surface area contributed by atoms with Crippen LogP contribution >= 0.6 is 0 Å². The van der Waals surface area contributed by atoms with E-state index in [1.807, 2.05) is 30.3 Å². The first-order valence-corrected chi connectivity index (χ1v) is 12.8. The molecule has 2 atom stereocenters. The minimum absolute atomic E-state index is 0.0463. The third-order valence-electron chi connectivity index (χ3n) is 5.31. The van der Waals surface area contributed by atoms with Gasteiger partial charge in [0, 0.05) is 20.0 Å². The Morgan fingerprint density at radius 1 is 1.07 bits per heavy atom. The number of rotatable bonds is 10. The van der Waals surface area contributed by atoms with Crippen molar-refractivity contribution in [1.29, 1.82) is 0 Å². The van der Waals surface area contributed by atoms with E-state index in [-0.39, 0.29) is 17.4 Å². The second-order valence-corrected chi connectivity index (χ2v) is 13.6. The van der Waals surface area contributed by atoms with Gasteiger partial charge in [0.05, 0.1) is 0 Å². The minimum atomic E-state index is -1.96. The van der Waals surface area contributed by atoms with Crippen molar-refractivity contribution in [2.24, 2.45) is 5.73 Å². The normalized spacial score (nSPS) is 14.0. The van der Waals surface area contributed by atoms with E-state index in [2.05, 4.69) is 44.5 Å². The number of benzene rings is 1. The van der Waals surface area contributed by atoms with Crippen molar-refractivity contribution in [2.75, 3.05) is 6.61 Å². The molecule has 1 aromatic rings. The molecule has 0 saturated heterocycles. The summed E-state index contributed by atoms with van der Waals surface area (Å²) in [6.45, 7) is 12.3. The number of hydrogen-bond acceptors (Lipinski definition) is 4. The van der Waals surface area contributed by atoms with Crippen LogP contribution < -0.4 is 16.4 Å². The maximum atomic E-state index is 12.8. The van der Waals surface area contributed by atoms with Crippen LogP contribution in [0.25, 0.3) is 0 Å². The van der Waals surface area contributed by atoms with E-state index < -0.39 is 32.2 Å². The fourth-order valence-electron chi connectivity index (χ4n) is 2.51. The Balaban J connectivity index is 2.77. The van der Waals surface area contributed by atoms with Crippen molar-refractivity contribution >= 4 is 26.0 Å². The lowest BCUT2D eigenvalue weighted by Crippen LogP contribution is -2.54. The molecule has 0 aliphatic rings. The van der Waals surface area contributed by atoms with E-state index in [9.17, 15) is 14.4 Å². The Labute approximate surface area is 174 Å². The van der Waals surface area contributed by atoms with Gasteiger partial charge in [-0.1, -0.05) is 51.1 Å². The van der Waals surface area contributed by atoms with Gasteiger partial charge < -0.3 is 20.8 Å². The molecule has 0 saturated carbocycles. The molecule has 0 unspecified atom stereocenters. The van der Waals surface area contributed by atoms with Gasteiger partial charge in [-0.25, -0.2) is 0 Å². The molecule has 0 spiro atoms. The first-order valence-electron chi connectivity index (χ1n) is 9.88. The number of carbonyl (C=O) groups is 3. The molecule has 1 rings (SSSR count). The van der Waals surface area contributed by atoms with Gasteiger partial charge in [0.2, 0.25) is 17.7 Å². The molecule has 1 aromatic carbocycles. The van der Waals surface area contributed by atoms with Crippen molar-refractivity contribution in [3.05, 3.63) is 35.9 Å². The summed E-state index contributed by atoms with van der Waals surface area (Å²) in [6.07, 6.45) is 0.601. The Bertz CT molecular complexity index is 702. The van der Waals surface area contributed by atoms with Crippen LogP contribution in [0.5, 0.6) is 0 Å². The molecule has 8 heteroatoms. The Hall–Kier alpha value is -2.19. The SMILES string of the molecule is CC(=O)N[C@H](Cc1ccccc1)C(=O)N[C@@H](CCO[Si](C)(C)C(C)(C)C)C(N)=O. The van der Waals surface area contributed by atoms with Gasteiger partial charge >= 0.3 is 0 Å². The van der Waals surface area contributed by atoms with Gasteiger partial charge in [0.15, 0.2) is 8.32 Å². The number of nitrogens with two attached hydrogens (primary N) is 1. The largest absolute Gasteiger partial charge is 0.417 e. The van der Waals surface area contributed by atoms with Crippen LogP contribution in [0.1, 0.15) is 39.7 Å². The first kappa shape index (κ1) is 24.8. The summed E-state index contributed by atoms with van der Waals surface area (Å²) in [5, 5.41) is 5.37. The van der Waals surface area contributed by atoms with Gasteiger partial charge in [-0.2, -0.15) is 0 Å². The summed E-state index contributed by atoms with van der Waals surface area (Å²) < 4.78 is 6.09. The lowest BCUT2D eigenvalue weighted by Gasteiger charge is -2.36. The van der Waals surface area contributed by atoms with Crippen LogP contribution in [0.15, 0.2) is 30.3 Å². The zero-order valence-electron chi connectivity index (χ0n) is 18.4. The van der Waals surface area contributed by atoms with Gasteiger partial charge in [0.1, 0.15) is 12.1 Å². The fourth-order valence-corrected chi connectivity index (χ4v) is 3.57. The monoisotopic (exact) mass is 421 g/mol. The predicted octanol–water partition coefficient (Wildman–Crippen LogP) is 2.12. The smallest absolute Gasteiger partial charge is 0.243 e. The second-order valence-electron chi connectivity index (χ2n) is 8.80. The second kappa shape index (κ2) is 10.5. The number of nitrogens with one attached hydrogen (secondary N) is 2. The van der Waals surface area contributed by atoms with Gasteiger partial charge in [-0.05, 0) is 30.1 Å². The summed E-state index contributed by atoms with van der Waals surface area (Å²) in [4.78, 5) is 36.2. The molecule has 29 heavy (non-hydrogen) atoms. The lowest BCUT2D eigenvalue weighted by molar-refractivity contribution is -0.131. The first-order chi connectivity index (χ1) is 13.3. The van der Waals surface area contributed by atoms with E-state index in [4.69, 9.17) is 10.2 Å². The molecule has 0 fully saturated rings. The van der Waals surface area contributed by atoms with Gasteiger partial charge in [0.25, 0.3) is 0 Å². The summed E-state index contributed by atoms with van der Waals surface area (Å²) in [6, 6.07) is 7.70. The highest BCUT2D eigenvalue weighted by atomic mass is 28.4. The average Bonchev–Trinajstić information content (AvgIpc) is 2.59. The predicted molar refractivity (Wildman–Crippen MR) is 117 cm³/mol. The quantitative estimate of drug-likeness (QED) is 0.503. The maximum Gasteiger partial charge on any atom is 0.243 e. The molecule has 0 aliphatic heterocycles. The fraction of sp³-hybridized carbons (Fsp3) is 0.571. The van der Waals surface area contributed by atoms with E-state index >= 15 is 0 Å². The minimum Gasteiger partial charge on any atom is -0.417 e. The molecular weight excluding hydrogens is 386 g/mol. The van der Waals surface area contributed by atoms with Crippen molar-refractivity contribution in [1.82, 2.24) is 10.6 Å². The summed E-state index contributed by atoms with van der Waals surface area (Å²) in [5.74, 6) is -1.39. The molecule has 0 radical (unpaired) electrons. The van der Waals surface area contributed by atoms with Gasteiger partial charge in [-0.3, -0.25) is 14.4 Å². The van der Waals surface area contributed by atoms with Crippen LogP contribution in [-0.2, 0) is 25.2 Å². The number of amides is 3. The molecule has 0 aromatic heterocycles. The summed E-state index contributed by atoms with van der Waals surface area (Å²) in [5.41, 5.74) is 6.39. The van der Waals surface area contributed by atoms with Crippen molar-refractivity contribution < 1.29 is 18.8 Å². The molecule has 3 amide bonds. The van der Waals surface area contributed by atoms with E-state index in [1.54, 1.807) is 0 Å². The average molecular weight is 422 g/mol. The van der Waals surface area contributed by atoms with Crippen LogP contribution in [-0.4, -0.2) is 44.7 Å². The topological polar surface area (TPSA) is 111 Å². The number of hydrogen-bond donors (Lipinski definition) is 3. The number of primary amides is 1. The molecule has 7 nitrogen and oxygen atoms in total. The summed E-state index contributed by atoms with van der Waals surface area (Å²) in [7, 11) is -1.96. The summed E-state index contributed by atoms with van der Waals surface area (Å²) >= 11 is 0. The maximum absolute atomic E-state index is 12.8. The molecule has 0 aliphatic carbocycles. The van der Waals surface area contributed by atoms with E-state index in [0.717, 1.165) is 5.56 Å². The zero-order chi connectivity index (χ0) is 22.2. The highest BCUT2D eigenvalue weighted by molar-refractivity contribution is 6.74. The molecular formula is C21H35N3O4Si. The van der Waals surface area contributed by atoms with Crippen LogP contribution in [0.3, 0.4) is 0 Å². The Morgan fingerprint density at radius 2 is 1.66 bits per heavy atom. The Morgan fingerprint density at radius 3 is 2.14 bits per heavy atom. The third kappa shape index (κ3) is 8.37. The van der Waals surface area contributed by atoms with Crippen molar-refractivity contribution in [3.8, 4) is 0 Å². The highest BCUT2D eigenvalue weighted by Gasteiger charge is 2.37. The van der Waals surface area contributed by atoms with E-state index in [0.29, 0.717) is 13.0 Å². The number of carbonyl (C=O) groups excluding carboxylic acids is 3. The molecule has 162 valence electrons. The lowest BCUT2D eigenvalue weighted by atomic mass is 10.0. The molecule has 0 bridgehead atoms. The Kier molecular flexibility index (Phi) is 9.03. The van der Waals surface area contributed by atoms with Crippen molar-refractivity contribution in [2.45, 2.75) is 70.8 Å². The van der Waals surface area contributed by atoms with E-state index in [1.165, 1.54) is 6.92 Å². The molecule has 0 heterocycles. The van der Waals surface area contributed by atoms with Gasteiger partial charge in [-0.15, -0.1) is 0 Å².